The quantitative estimate of drug-likeness (QED) is 0.397. The minimum Gasteiger partial charge on any atom is -0.457 e. The fourth-order valence-corrected chi connectivity index (χ4v) is 4.05. The summed E-state index contributed by atoms with van der Waals surface area (Å²) in [6.07, 6.45) is 0.912. The van der Waals surface area contributed by atoms with Crippen LogP contribution < -0.4 is 15.0 Å². The van der Waals surface area contributed by atoms with E-state index in [1.165, 1.54) is 0 Å². The number of nitrogens with zero attached hydrogens (tertiary/aromatic N) is 1. The average Bonchev–Trinajstić information content (AvgIpc) is 3.09. The fraction of sp³-hybridized carbons (Fsp3) is 0.111. The zero-order valence-electron chi connectivity index (χ0n) is 17.5. The van der Waals surface area contributed by atoms with Crippen molar-refractivity contribution in [2.75, 3.05) is 16.8 Å². The number of ether oxygens (including phenoxy) is 1. The first kappa shape index (κ1) is 19.8. The standard InChI is InChI=1S/C27H22N2O3/c30-25(28-20-14-16-22(17-15-20)32-21-9-2-1-3-10-21)13-6-18-29-24-12-5-8-19-7-4-11-23(26(19)24)27(29)31/h1-5,7-12,14-17H,6,13,18H2,(H,28,30). The molecule has 0 spiro atoms. The molecule has 0 atom stereocenters. The highest BCUT2D eigenvalue weighted by Gasteiger charge is 2.28. The molecule has 5 heteroatoms. The molecule has 0 saturated heterocycles. The number of benzene rings is 4. The van der Waals surface area contributed by atoms with Crippen LogP contribution in [0.3, 0.4) is 0 Å². The molecule has 0 aliphatic carbocycles. The van der Waals surface area contributed by atoms with E-state index in [1.807, 2.05) is 91.0 Å². The summed E-state index contributed by atoms with van der Waals surface area (Å²) in [5.74, 6) is 1.39. The zero-order valence-corrected chi connectivity index (χ0v) is 17.5. The molecular weight excluding hydrogens is 400 g/mol. The molecule has 1 aliphatic rings. The van der Waals surface area contributed by atoms with E-state index in [1.54, 1.807) is 4.90 Å². The van der Waals surface area contributed by atoms with Gasteiger partial charge in [0.1, 0.15) is 11.5 Å². The lowest BCUT2D eigenvalue weighted by molar-refractivity contribution is -0.116. The van der Waals surface area contributed by atoms with Crippen molar-refractivity contribution in [1.82, 2.24) is 0 Å². The molecule has 0 bridgehead atoms. The van der Waals surface area contributed by atoms with Crippen LogP contribution in [0.2, 0.25) is 0 Å². The average molecular weight is 422 g/mol. The topological polar surface area (TPSA) is 58.6 Å². The van der Waals surface area contributed by atoms with Gasteiger partial charge in [0.05, 0.1) is 5.69 Å². The van der Waals surface area contributed by atoms with E-state index in [4.69, 9.17) is 4.74 Å². The van der Waals surface area contributed by atoms with E-state index in [-0.39, 0.29) is 11.8 Å². The Hall–Kier alpha value is -4.12. The summed E-state index contributed by atoms with van der Waals surface area (Å²) in [5.41, 5.74) is 2.38. The molecule has 1 aliphatic heterocycles. The van der Waals surface area contributed by atoms with Gasteiger partial charge in [-0.25, -0.2) is 0 Å². The number of rotatable bonds is 7. The van der Waals surface area contributed by atoms with Gasteiger partial charge in [-0.3, -0.25) is 9.59 Å². The van der Waals surface area contributed by atoms with Crippen LogP contribution in [-0.2, 0) is 4.79 Å². The highest BCUT2D eigenvalue weighted by Crippen LogP contribution is 2.37. The number of nitrogens with one attached hydrogen (secondary N) is 1. The van der Waals surface area contributed by atoms with Crippen LogP contribution in [-0.4, -0.2) is 18.4 Å². The third-order valence-electron chi connectivity index (χ3n) is 5.55. The highest BCUT2D eigenvalue weighted by molar-refractivity contribution is 6.25. The van der Waals surface area contributed by atoms with Crippen molar-refractivity contribution in [3.05, 3.63) is 96.6 Å². The molecule has 1 heterocycles. The Morgan fingerprint density at radius 1 is 0.812 bits per heavy atom. The van der Waals surface area contributed by atoms with Gasteiger partial charge < -0.3 is 15.0 Å². The van der Waals surface area contributed by atoms with Crippen LogP contribution in [0, 0.1) is 0 Å². The van der Waals surface area contributed by atoms with E-state index in [2.05, 4.69) is 5.32 Å². The number of para-hydroxylation sites is 1. The van der Waals surface area contributed by atoms with Crippen molar-refractivity contribution in [1.29, 1.82) is 0 Å². The Morgan fingerprint density at radius 3 is 2.31 bits per heavy atom. The highest BCUT2D eigenvalue weighted by atomic mass is 16.5. The van der Waals surface area contributed by atoms with Gasteiger partial charge in [0.2, 0.25) is 5.91 Å². The van der Waals surface area contributed by atoms with Gasteiger partial charge >= 0.3 is 0 Å². The largest absolute Gasteiger partial charge is 0.457 e. The summed E-state index contributed by atoms with van der Waals surface area (Å²) in [4.78, 5) is 27.0. The van der Waals surface area contributed by atoms with Crippen LogP contribution in [0.4, 0.5) is 11.4 Å². The molecular formula is C27H22N2O3. The minimum absolute atomic E-state index is 0.00575. The number of amides is 2. The first-order valence-electron chi connectivity index (χ1n) is 10.7. The van der Waals surface area contributed by atoms with Gasteiger partial charge in [-0.15, -0.1) is 0 Å². The number of anilines is 2. The van der Waals surface area contributed by atoms with Crippen molar-refractivity contribution < 1.29 is 14.3 Å². The van der Waals surface area contributed by atoms with Gasteiger partial charge in [0.25, 0.3) is 5.91 Å². The molecule has 1 N–H and O–H groups in total. The van der Waals surface area contributed by atoms with Crippen LogP contribution in [0.25, 0.3) is 10.8 Å². The lowest BCUT2D eigenvalue weighted by Gasteiger charge is -2.17. The van der Waals surface area contributed by atoms with Gasteiger partial charge in [-0.1, -0.05) is 42.5 Å². The maximum atomic E-state index is 12.8. The molecule has 5 rings (SSSR count). The molecule has 5 nitrogen and oxygen atoms in total. The Balaban J connectivity index is 1.15. The summed E-state index contributed by atoms with van der Waals surface area (Å²) < 4.78 is 5.77. The Bertz CT molecular complexity index is 1280. The summed E-state index contributed by atoms with van der Waals surface area (Å²) in [5, 5.41) is 4.97. The molecule has 0 saturated carbocycles. The molecule has 0 radical (unpaired) electrons. The van der Waals surface area contributed by atoms with E-state index in [9.17, 15) is 9.59 Å². The fourth-order valence-electron chi connectivity index (χ4n) is 4.05. The minimum atomic E-state index is -0.0795. The summed E-state index contributed by atoms with van der Waals surface area (Å²) in [6.45, 7) is 0.504. The first-order valence-corrected chi connectivity index (χ1v) is 10.7. The van der Waals surface area contributed by atoms with Crippen LogP contribution >= 0.6 is 0 Å². The van der Waals surface area contributed by atoms with Crippen LogP contribution in [0.15, 0.2) is 91.0 Å². The predicted molar refractivity (Wildman–Crippen MR) is 126 cm³/mol. The Morgan fingerprint density at radius 2 is 1.53 bits per heavy atom. The van der Waals surface area contributed by atoms with Crippen molar-refractivity contribution in [3.8, 4) is 11.5 Å². The van der Waals surface area contributed by atoms with Gasteiger partial charge in [-0.05, 0) is 60.3 Å². The first-order chi connectivity index (χ1) is 15.7. The predicted octanol–water partition coefficient (Wildman–Crippen LogP) is 6.01. The molecule has 4 aromatic carbocycles. The van der Waals surface area contributed by atoms with Crippen molar-refractivity contribution in [2.45, 2.75) is 12.8 Å². The smallest absolute Gasteiger partial charge is 0.258 e. The Labute approximate surface area is 186 Å². The van der Waals surface area contributed by atoms with Crippen molar-refractivity contribution in [2.24, 2.45) is 0 Å². The zero-order chi connectivity index (χ0) is 21.9. The number of carbonyl (C=O) groups excluding carboxylic acids is 2. The monoisotopic (exact) mass is 422 g/mol. The number of hydrogen-bond donors (Lipinski definition) is 1. The maximum absolute atomic E-state index is 12.8. The number of carbonyl (C=O) groups is 2. The van der Waals surface area contributed by atoms with Gasteiger partial charge in [-0.2, -0.15) is 0 Å². The molecule has 4 aromatic rings. The normalized spacial score (nSPS) is 12.2. The summed E-state index contributed by atoms with van der Waals surface area (Å²) in [6, 6.07) is 28.6. The third kappa shape index (κ3) is 3.93. The summed E-state index contributed by atoms with van der Waals surface area (Å²) >= 11 is 0. The summed E-state index contributed by atoms with van der Waals surface area (Å²) in [7, 11) is 0. The molecule has 0 aromatic heterocycles. The van der Waals surface area contributed by atoms with E-state index in [0.29, 0.717) is 30.8 Å². The van der Waals surface area contributed by atoms with Gasteiger partial charge in [0.15, 0.2) is 0 Å². The lowest BCUT2D eigenvalue weighted by Crippen LogP contribution is -2.28. The number of hydrogen-bond acceptors (Lipinski definition) is 3. The lowest BCUT2D eigenvalue weighted by atomic mass is 10.1. The van der Waals surface area contributed by atoms with Crippen molar-refractivity contribution in [3.63, 3.8) is 0 Å². The van der Waals surface area contributed by atoms with Crippen LogP contribution in [0.5, 0.6) is 11.5 Å². The Kier molecular flexibility index (Phi) is 5.30. The van der Waals surface area contributed by atoms with E-state index < -0.39 is 0 Å². The van der Waals surface area contributed by atoms with Crippen LogP contribution in [0.1, 0.15) is 23.2 Å². The second-order valence-electron chi connectivity index (χ2n) is 7.73. The molecule has 0 unspecified atom stereocenters. The van der Waals surface area contributed by atoms with E-state index >= 15 is 0 Å². The van der Waals surface area contributed by atoms with Crippen molar-refractivity contribution >= 4 is 34.0 Å². The second kappa shape index (κ2) is 8.55. The molecule has 2 amide bonds. The molecule has 158 valence electrons. The van der Waals surface area contributed by atoms with E-state index in [0.717, 1.165) is 27.8 Å². The maximum Gasteiger partial charge on any atom is 0.258 e. The second-order valence-corrected chi connectivity index (χ2v) is 7.73. The molecule has 32 heavy (non-hydrogen) atoms. The van der Waals surface area contributed by atoms with Gasteiger partial charge in [0, 0.05) is 29.6 Å². The molecule has 0 fully saturated rings. The SMILES string of the molecule is O=C(CCCN1C(=O)c2cccc3cccc1c23)Nc1ccc(Oc2ccccc2)cc1. The third-order valence-corrected chi connectivity index (χ3v) is 5.55.